The molecule has 3 aliphatic rings. The van der Waals surface area contributed by atoms with Crippen LogP contribution in [0.25, 0.3) is 22.3 Å². The molecule has 8 atom stereocenters. The summed E-state index contributed by atoms with van der Waals surface area (Å²) in [5.41, 5.74) is 0.953. The number of ether oxygens (including phenoxy) is 2. The van der Waals surface area contributed by atoms with Gasteiger partial charge in [-0.25, -0.2) is 4.68 Å². The van der Waals surface area contributed by atoms with E-state index in [0.29, 0.717) is 16.7 Å². The molecule has 0 aliphatic carbocycles. The number of hydrogen-bond donors (Lipinski definition) is 6. The molecule has 0 saturated carbocycles. The van der Waals surface area contributed by atoms with E-state index in [-0.39, 0.29) is 17.8 Å². The van der Waals surface area contributed by atoms with Crippen LogP contribution in [-0.2, 0) is 16.0 Å². The first kappa shape index (κ1) is 23.8. The molecular formula is C20H22N8O9. The zero-order chi connectivity index (χ0) is 26.0. The summed E-state index contributed by atoms with van der Waals surface area (Å²) in [5, 5.41) is 66.4. The number of aliphatic hydroxyl groups is 5. The van der Waals surface area contributed by atoms with Crippen LogP contribution < -0.4 is 11.1 Å². The average Bonchev–Trinajstić information content (AvgIpc) is 3.62. The predicted molar refractivity (Wildman–Crippen MR) is 119 cm³/mol. The van der Waals surface area contributed by atoms with E-state index in [2.05, 4.69) is 25.7 Å². The normalized spacial score (nSPS) is 32.5. The Bertz CT molecular complexity index is 1580. The number of aliphatic hydroxyl groups excluding tert-OH is 5. The van der Waals surface area contributed by atoms with Crippen LogP contribution in [0, 0.1) is 0 Å². The Labute approximate surface area is 204 Å². The van der Waals surface area contributed by atoms with Gasteiger partial charge in [0.25, 0.3) is 11.1 Å². The molecule has 7 heterocycles. The molecule has 2 bridgehead atoms. The lowest BCUT2D eigenvalue weighted by molar-refractivity contribution is -0.0524. The number of fused-ring (bicyclic) bond motifs is 4. The molecule has 0 amide bonds. The van der Waals surface area contributed by atoms with Gasteiger partial charge in [-0.1, -0.05) is 5.21 Å². The molecule has 4 unspecified atom stereocenters. The predicted octanol–water partition coefficient (Wildman–Crippen LogP) is -4.04. The van der Waals surface area contributed by atoms with Crippen LogP contribution in [0.5, 0.6) is 0 Å². The maximum Gasteiger partial charge on any atom is 0.254 e. The van der Waals surface area contributed by atoms with Crippen LogP contribution in [0.1, 0.15) is 12.5 Å². The largest absolute Gasteiger partial charge is 0.394 e. The lowest BCUT2D eigenvalue weighted by Crippen LogP contribution is -2.38. The first-order valence-electron chi connectivity index (χ1n) is 11.3. The molecule has 37 heavy (non-hydrogen) atoms. The molecule has 17 nitrogen and oxygen atoms in total. The van der Waals surface area contributed by atoms with Gasteiger partial charge in [0, 0.05) is 12.1 Å². The molecule has 17 heteroatoms. The minimum atomic E-state index is -1.34. The van der Waals surface area contributed by atoms with E-state index >= 15 is 0 Å². The highest BCUT2D eigenvalue weighted by molar-refractivity contribution is 5.70. The summed E-state index contributed by atoms with van der Waals surface area (Å²) in [6.07, 6.45) is -8.31. The zero-order valence-electron chi connectivity index (χ0n) is 18.8. The summed E-state index contributed by atoms with van der Waals surface area (Å²) < 4.78 is 14.8. The molecule has 0 radical (unpaired) electrons. The molecular weight excluding hydrogens is 496 g/mol. The standard InChI is InChI=1S/C10H12N4O5.C10H10N4O4/c15-3-5-7(17)8(18)10(19-5)14-6(16)2-1-4-9(14)12-13-11-4;15-6-2-1-4-9-13(12-11-4)3-5-7(16)8(17)10(18-5)14(6)9/h1-2,5,7-8,10,15,17-18H,3H2,(H,11,12,13);1-2,5,7-8,10,16-17H,3H2/t5-,7+,8?,10-;5?,7-,8?,10?/m11/s1. The van der Waals surface area contributed by atoms with Crippen molar-refractivity contribution in [1.82, 2.24) is 39.5 Å². The monoisotopic (exact) mass is 518 g/mol. The van der Waals surface area contributed by atoms with Crippen molar-refractivity contribution >= 4 is 22.3 Å². The number of hydrogen-bond acceptors (Lipinski definition) is 13. The van der Waals surface area contributed by atoms with Crippen LogP contribution in [0.15, 0.2) is 33.9 Å². The van der Waals surface area contributed by atoms with Crippen LogP contribution in [-0.4, -0.2) is 108 Å². The molecule has 0 spiro atoms. The van der Waals surface area contributed by atoms with Gasteiger partial charge in [0.15, 0.2) is 23.8 Å². The molecule has 2 fully saturated rings. The number of aromatic amines is 1. The summed E-state index contributed by atoms with van der Waals surface area (Å²) in [5.74, 6) is 0. The maximum absolute atomic E-state index is 12.0. The number of aromatic nitrogens is 8. The molecule has 3 aliphatic heterocycles. The lowest BCUT2D eigenvalue weighted by atomic mass is 10.1. The van der Waals surface area contributed by atoms with E-state index < -0.39 is 61.2 Å². The second kappa shape index (κ2) is 8.77. The van der Waals surface area contributed by atoms with Gasteiger partial charge in [-0.05, 0) is 12.1 Å². The third-order valence-corrected chi connectivity index (χ3v) is 6.70. The van der Waals surface area contributed by atoms with Gasteiger partial charge >= 0.3 is 0 Å². The van der Waals surface area contributed by atoms with Crippen molar-refractivity contribution in [2.24, 2.45) is 0 Å². The molecule has 4 aromatic heterocycles. The zero-order valence-corrected chi connectivity index (χ0v) is 18.8. The summed E-state index contributed by atoms with van der Waals surface area (Å²) >= 11 is 0. The SMILES string of the molecule is O=c1ccc2n[nH]nc2n1[C@@H]1O[C@H](CO)[C@H](O)C1O.O=c1ccc2nnn3c2n1C1OC(C3)[C@@H](O)C1O. The molecule has 7 rings (SSSR count). The lowest BCUT2D eigenvalue weighted by Gasteiger charge is -2.19. The first-order valence-corrected chi connectivity index (χ1v) is 11.3. The van der Waals surface area contributed by atoms with Crippen molar-refractivity contribution in [3.8, 4) is 0 Å². The number of H-pyrrole nitrogens is 1. The number of nitrogens with one attached hydrogen (secondary N) is 1. The third-order valence-electron chi connectivity index (χ3n) is 6.70. The molecule has 196 valence electrons. The minimum absolute atomic E-state index is 0.210. The average molecular weight is 518 g/mol. The van der Waals surface area contributed by atoms with E-state index in [1.807, 2.05) is 0 Å². The minimum Gasteiger partial charge on any atom is -0.394 e. The van der Waals surface area contributed by atoms with Crippen molar-refractivity contribution in [2.45, 2.75) is 55.6 Å². The highest BCUT2D eigenvalue weighted by atomic mass is 16.6. The summed E-state index contributed by atoms with van der Waals surface area (Å²) in [6.45, 7) is -0.201. The Balaban J connectivity index is 0.000000136. The summed E-state index contributed by atoms with van der Waals surface area (Å²) in [6, 6.07) is 5.68. The summed E-state index contributed by atoms with van der Waals surface area (Å²) in [4.78, 5) is 23.9. The summed E-state index contributed by atoms with van der Waals surface area (Å²) in [7, 11) is 0. The Morgan fingerprint density at radius 2 is 1.54 bits per heavy atom. The smallest absolute Gasteiger partial charge is 0.254 e. The van der Waals surface area contributed by atoms with Crippen LogP contribution in [0.4, 0.5) is 0 Å². The number of rotatable bonds is 2. The number of nitrogens with zero attached hydrogens (tertiary/aromatic N) is 7. The van der Waals surface area contributed by atoms with Gasteiger partial charge in [0.2, 0.25) is 0 Å². The topological polar surface area (TPSA) is 236 Å². The van der Waals surface area contributed by atoms with E-state index in [0.717, 1.165) is 4.57 Å². The van der Waals surface area contributed by atoms with Crippen molar-refractivity contribution in [3.05, 3.63) is 45.0 Å². The fourth-order valence-corrected chi connectivity index (χ4v) is 4.84. The number of pyridine rings is 2. The van der Waals surface area contributed by atoms with Gasteiger partial charge in [-0.2, -0.15) is 10.3 Å². The third kappa shape index (κ3) is 3.59. The van der Waals surface area contributed by atoms with E-state index in [9.17, 15) is 30.0 Å². The fraction of sp³-hybridized carbons (Fsp3) is 0.500. The molecule has 2 saturated heterocycles. The quantitative estimate of drug-likeness (QED) is 0.148. The Hall–Kier alpha value is -3.58. The molecule has 4 aromatic rings. The van der Waals surface area contributed by atoms with Crippen molar-refractivity contribution < 1.29 is 35.0 Å². The highest BCUT2D eigenvalue weighted by Crippen LogP contribution is 2.34. The maximum atomic E-state index is 12.0. The van der Waals surface area contributed by atoms with Crippen LogP contribution in [0.3, 0.4) is 0 Å². The van der Waals surface area contributed by atoms with Crippen molar-refractivity contribution in [2.75, 3.05) is 6.61 Å². The highest BCUT2D eigenvalue weighted by Gasteiger charge is 2.47. The second-order valence-electron chi connectivity index (χ2n) is 8.87. The van der Waals surface area contributed by atoms with Gasteiger partial charge in [0.05, 0.1) is 13.2 Å². The van der Waals surface area contributed by atoms with E-state index in [1.54, 1.807) is 6.07 Å². The van der Waals surface area contributed by atoms with Crippen molar-refractivity contribution in [1.29, 1.82) is 0 Å². The second-order valence-corrected chi connectivity index (χ2v) is 8.87. The van der Waals surface area contributed by atoms with Gasteiger partial charge in [-0.3, -0.25) is 18.7 Å². The molecule has 0 aromatic carbocycles. The van der Waals surface area contributed by atoms with E-state index in [1.165, 1.54) is 27.4 Å². The fourth-order valence-electron chi connectivity index (χ4n) is 4.84. The van der Waals surface area contributed by atoms with Gasteiger partial charge in [-0.15, -0.1) is 10.2 Å². The Kier molecular flexibility index (Phi) is 5.64. The van der Waals surface area contributed by atoms with Crippen LogP contribution in [0.2, 0.25) is 0 Å². The Morgan fingerprint density at radius 1 is 0.865 bits per heavy atom. The Morgan fingerprint density at radius 3 is 2.27 bits per heavy atom. The first-order chi connectivity index (χ1) is 17.8. The van der Waals surface area contributed by atoms with Crippen LogP contribution >= 0.6 is 0 Å². The van der Waals surface area contributed by atoms with Gasteiger partial charge < -0.3 is 35.0 Å². The van der Waals surface area contributed by atoms with Gasteiger partial charge in [0.1, 0.15) is 47.7 Å². The van der Waals surface area contributed by atoms with Crippen molar-refractivity contribution in [3.63, 3.8) is 0 Å². The van der Waals surface area contributed by atoms with E-state index in [4.69, 9.17) is 14.6 Å². The molecule has 6 N–H and O–H groups in total.